The van der Waals surface area contributed by atoms with E-state index in [9.17, 15) is 18.0 Å². The first-order chi connectivity index (χ1) is 16.7. The first kappa shape index (κ1) is 25.2. The normalized spacial score (nSPS) is 18.3. The number of aryl methyl sites for hydroxylation is 2. The zero-order valence-electron chi connectivity index (χ0n) is 20.4. The molecule has 2 N–H and O–H groups in total. The Hall–Kier alpha value is -2.91. The lowest BCUT2D eigenvalue weighted by molar-refractivity contribution is -0.139. The van der Waals surface area contributed by atoms with Gasteiger partial charge in [0, 0.05) is 32.7 Å². The Kier molecular flexibility index (Phi) is 7.47. The van der Waals surface area contributed by atoms with Gasteiger partial charge in [-0.05, 0) is 55.5 Å². The van der Waals surface area contributed by atoms with Crippen molar-refractivity contribution >= 4 is 22.0 Å². The molecule has 2 aromatic rings. The van der Waals surface area contributed by atoms with E-state index in [1.165, 1.54) is 4.31 Å². The SMILES string of the molecule is Cc1ccc(S(=O)(=O)N2CCN(C(=O)C3(NC(=O)NCc4ccccc4)CCCC3)CC2)cc1C. The molecule has 9 heteroatoms. The maximum atomic E-state index is 13.6. The lowest BCUT2D eigenvalue weighted by Gasteiger charge is -2.39. The van der Waals surface area contributed by atoms with Crippen LogP contribution in [0, 0.1) is 13.8 Å². The number of sulfonamides is 1. The van der Waals surface area contributed by atoms with E-state index in [1.807, 2.05) is 50.2 Å². The Balaban J connectivity index is 1.38. The second-order valence-electron chi connectivity index (χ2n) is 9.52. The molecule has 8 nitrogen and oxygen atoms in total. The summed E-state index contributed by atoms with van der Waals surface area (Å²) in [6.07, 6.45) is 2.91. The minimum absolute atomic E-state index is 0.118. The highest BCUT2D eigenvalue weighted by Crippen LogP contribution is 2.32. The van der Waals surface area contributed by atoms with E-state index < -0.39 is 15.6 Å². The molecule has 1 aliphatic carbocycles. The Labute approximate surface area is 207 Å². The molecule has 0 unspecified atom stereocenters. The van der Waals surface area contributed by atoms with Crippen molar-refractivity contribution in [2.45, 2.75) is 56.5 Å². The molecular weight excluding hydrogens is 464 g/mol. The largest absolute Gasteiger partial charge is 0.338 e. The van der Waals surface area contributed by atoms with Crippen molar-refractivity contribution in [2.75, 3.05) is 26.2 Å². The molecular formula is C26H34N4O4S. The fraction of sp³-hybridized carbons (Fsp3) is 0.462. The summed E-state index contributed by atoms with van der Waals surface area (Å²) in [5.41, 5.74) is 2.02. The van der Waals surface area contributed by atoms with Crippen LogP contribution in [0.2, 0.25) is 0 Å². The van der Waals surface area contributed by atoms with Crippen LogP contribution in [-0.4, -0.2) is 61.3 Å². The molecule has 4 rings (SSSR count). The molecule has 2 aliphatic rings. The molecule has 1 aliphatic heterocycles. The van der Waals surface area contributed by atoms with Crippen molar-refractivity contribution < 1.29 is 18.0 Å². The van der Waals surface area contributed by atoms with Crippen molar-refractivity contribution in [2.24, 2.45) is 0 Å². The third kappa shape index (κ3) is 5.51. The topological polar surface area (TPSA) is 98.8 Å². The highest BCUT2D eigenvalue weighted by atomic mass is 32.2. The number of amides is 3. The van der Waals surface area contributed by atoms with Gasteiger partial charge in [0.05, 0.1) is 4.90 Å². The van der Waals surface area contributed by atoms with Crippen LogP contribution in [0.25, 0.3) is 0 Å². The number of hydrogen-bond acceptors (Lipinski definition) is 4. The molecule has 1 heterocycles. The van der Waals surface area contributed by atoms with E-state index in [0.717, 1.165) is 29.5 Å². The number of carbonyl (C=O) groups excluding carboxylic acids is 2. The van der Waals surface area contributed by atoms with Crippen LogP contribution in [-0.2, 0) is 21.4 Å². The number of hydrogen-bond donors (Lipinski definition) is 2. The Bertz CT molecular complexity index is 1170. The lowest BCUT2D eigenvalue weighted by Crippen LogP contribution is -2.62. The first-order valence-corrected chi connectivity index (χ1v) is 13.6. The summed E-state index contributed by atoms with van der Waals surface area (Å²) in [6, 6.07) is 14.4. The summed E-state index contributed by atoms with van der Waals surface area (Å²) in [5, 5.41) is 5.82. The fourth-order valence-corrected chi connectivity index (χ4v) is 6.38. The van der Waals surface area contributed by atoms with Gasteiger partial charge in [-0.2, -0.15) is 4.31 Å². The van der Waals surface area contributed by atoms with E-state index in [-0.39, 0.29) is 29.9 Å². The maximum absolute atomic E-state index is 13.6. The molecule has 0 bridgehead atoms. The molecule has 2 fully saturated rings. The van der Waals surface area contributed by atoms with Gasteiger partial charge in [-0.15, -0.1) is 0 Å². The van der Waals surface area contributed by atoms with E-state index >= 15 is 0 Å². The van der Waals surface area contributed by atoms with Gasteiger partial charge in [0.15, 0.2) is 0 Å². The number of piperazine rings is 1. The van der Waals surface area contributed by atoms with Gasteiger partial charge in [0.25, 0.3) is 0 Å². The number of urea groups is 1. The number of nitrogens with zero attached hydrogens (tertiary/aromatic N) is 2. The molecule has 3 amide bonds. The number of rotatable bonds is 6. The van der Waals surface area contributed by atoms with Crippen LogP contribution in [0.5, 0.6) is 0 Å². The average molecular weight is 499 g/mol. The number of benzene rings is 2. The van der Waals surface area contributed by atoms with Crippen molar-refractivity contribution in [1.29, 1.82) is 0 Å². The predicted molar refractivity (Wildman–Crippen MR) is 134 cm³/mol. The smallest absolute Gasteiger partial charge is 0.315 e. The monoisotopic (exact) mass is 498 g/mol. The van der Waals surface area contributed by atoms with Crippen LogP contribution >= 0.6 is 0 Å². The quantitative estimate of drug-likeness (QED) is 0.640. The summed E-state index contributed by atoms with van der Waals surface area (Å²) in [6.45, 7) is 5.30. The summed E-state index contributed by atoms with van der Waals surface area (Å²) < 4.78 is 27.7. The minimum atomic E-state index is -3.62. The van der Waals surface area contributed by atoms with Crippen LogP contribution in [0.3, 0.4) is 0 Å². The number of nitrogens with one attached hydrogen (secondary N) is 2. The minimum Gasteiger partial charge on any atom is -0.338 e. The van der Waals surface area contributed by atoms with E-state index in [4.69, 9.17) is 0 Å². The van der Waals surface area contributed by atoms with Gasteiger partial charge in [0.2, 0.25) is 15.9 Å². The Morgan fingerprint density at radius 3 is 2.20 bits per heavy atom. The molecule has 0 atom stereocenters. The predicted octanol–water partition coefficient (Wildman–Crippen LogP) is 2.95. The highest BCUT2D eigenvalue weighted by molar-refractivity contribution is 7.89. The summed E-state index contributed by atoms with van der Waals surface area (Å²) >= 11 is 0. The Morgan fingerprint density at radius 1 is 0.914 bits per heavy atom. The van der Waals surface area contributed by atoms with Gasteiger partial charge in [0.1, 0.15) is 5.54 Å². The van der Waals surface area contributed by atoms with Gasteiger partial charge in [-0.1, -0.05) is 49.2 Å². The van der Waals surface area contributed by atoms with Crippen LogP contribution < -0.4 is 10.6 Å². The third-order valence-corrected chi connectivity index (χ3v) is 9.05. The molecule has 188 valence electrons. The highest BCUT2D eigenvalue weighted by Gasteiger charge is 2.45. The van der Waals surface area contributed by atoms with Gasteiger partial charge in [-0.25, -0.2) is 13.2 Å². The molecule has 0 aromatic heterocycles. The fourth-order valence-electron chi connectivity index (χ4n) is 4.87. The van der Waals surface area contributed by atoms with Crippen LogP contribution in [0.1, 0.15) is 42.4 Å². The maximum Gasteiger partial charge on any atom is 0.315 e. The summed E-state index contributed by atoms with van der Waals surface area (Å²) in [7, 11) is -3.62. The third-order valence-electron chi connectivity index (χ3n) is 7.16. The second kappa shape index (κ2) is 10.4. The molecule has 2 aromatic carbocycles. The Morgan fingerprint density at radius 2 is 1.57 bits per heavy atom. The molecule has 1 saturated carbocycles. The molecule has 1 saturated heterocycles. The van der Waals surface area contributed by atoms with Crippen LogP contribution in [0.15, 0.2) is 53.4 Å². The van der Waals surface area contributed by atoms with Gasteiger partial charge < -0.3 is 15.5 Å². The van der Waals surface area contributed by atoms with E-state index in [2.05, 4.69) is 10.6 Å². The van der Waals surface area contributed by atoms with Crippen molar-refractivity contribution in [3.05, 3.63) is 65.2 Å². The van der Waals surface area contributed by atoms with Crippen LogP contribution in [0.4, 0.5) is 4.79 Å². The molecule has 0 spiro atoms. The van der Waals surface area contributed by atoms with E-state index in [1.54, 1.807) is 17.0 Å². The van der Waals surface area contributed by atoms with Crippen molar-refractivity contribution in [3.8, 4) is 0 Å². The van der Waals surface area contributed by atoms with E-state index in [0.29, 0.717) is 32.5 Å². The lowest BCUT2D eigenvalue weighted by atomic mass is 9.95. The number of carbonyl (C=O) groups is 2. The first-order valence-electron chi connectivity index (χ1n) is 12.2. The molecule has 35 heavy (non-hydrogen) atoms. The zero-order valence-corrected chi connectivity index (χ0v) is 21.2. The standard InChI is InChI=1S/C26H34N4O4S/c1-20-10-11-23(18-21(20)2)35(33,34)30-16-14-29(15-17-30)24(31)26(12-6-7-13-26)28-25(32)27-19-22-8-4-3-5-9-22/h3-5,8-11,18H,6-7,12-17,19H2,1-2H3,(H2,27,28,32). The van der Waals surface area contributed by atoms with Crippen molar-refractivity contribution in [1.82, 2.24) is 19.8 Å². The van der Waals surface area contributed by atoms with Gasteiger partial charge in [-0.3, -0.25) is 4.79 Å². The van der Waals surface area contributed by atoms with Crippen molar-refractivity contribution in [3.63, 3.8) is 0 Å². The molecule has 0 radical (unpaired) electrons. The second-order valence-corrected chi connectivity index (χ2v) is 11.5. The summed E-state index contributed by atoms with van der Waals surface area (Å²) in [5.74, 6) is -0.118. The average Bonchev–Trinajstić information content (AvgIpc) is 3.34. The van der Waals surface area contributed by atoms with Gasteiger partial charge >= 0.3 is 6.03 Å². The zero-order chi connectivity index (χ0) is 25.1. The summed E-state index contributed by atoms with van der Waals surface area (Å²) in [4.78, 5) is 28.2.